The molecule has 0 bridgehead atoms. The lowest BCUT2D eigenvalue weighted by molar-refractivity contribution is -0.122. The smallest absolute Gasteiger partial charge is 0.265 e. The van der Waals surface area contributed by atoms with E-state index in [2.05, 4.69) is 5.32 Å². The van der Waals surface area contributed by atoms with Gasteiger partial charge in [-0.25, -0.2) is 17.9 Å². The topological polar surface area (TPSA) is 98.5 Å². The number of hydrogen-bond donors (Lipinski definition) is 2. The third-order valence-electron chi connectivity index (χ3n) is 2.96. The van der Waals surface area contributed by atoms with E-state index in [4.69, 9.17) is 9.88 Å². The van der Waals surface area contributed by atoms with E-state index >= 15 is 0 Å². The highest BCUT2D eigenvalue weighted by atomic mass is 32.2. The van der Waals surface area contributed by atoms with E-state index < -0.39 is 27.9 Å². The molecule has 23 heavy (non-hydrogen) atoms. The minimum atomic E-state index is -3.79. The molecule has 2 aromatic carbocycles. The number of benzene rings is 2. The molecule has 0 fully saturated rings. The maximum absolute atomic E-state index is 13.5. The lowest BCUT2D eigenvalue weighted by Gasteiger charge is -2.15. The van der Waals surface area contributed by atoms with Crippen LogP contribution in [0.1, 0.15) is 6.92 Å². The molecule has 0 radical (unpaired) electrons. The van der Waals surface area contributed by atoms with Gasteiger partial charge in [0.15, 0.2) is 17.7 Å². The molecule has 8 heteroatoms. The minimum Gasteiger partial charge on any atom is -0.478 e. The van der Waals surface area contributed by atoms with Crippen molar-refractivity contribution in [2.75, 3.05) is 5.32 Å². The maximum atomic E-state index is 13.5. The van der Waals surface area contributed by atoms with Crippen LogP contribution >= 0.6 is 0 Å². The van der Waals surface area contributed by atoms with Gasteiger partial charge in [-0.3, -0.25) is 4.79 Å². The minimum absolute atomic E-state index is 0.0280. The summed E-state index contributed by atoms with van der Waals surface area (Å²) >= 11 is 0. The number of amides is 1. The molecule has 0 aliphatic heterocycles. The molecule has 0 aliphatic carbocycles. The summed E-state index contributed by atoms with van der Waals surface area (Å²) in [7, 11) is -3.79. The average molecular weight is 338 g/mol. The van der Waals surface area contributed by atoms with E-state index in [1.165, 1.54) is 49.4 Å². The largest absolute Gasteiger partial charge is 0.478 e. The molecular formula is C15H15FN2O4S. The Morgan fingerprint density at radius 1 is 1.17 bits per heavy atom. The first kappa shape index (κ1) is 16.9. The van der Waals surface area contributed by atoms with Crippen LogP contribution in [-0.2, 0) is 14.8 Å². The quantitative estimate of drug-likeness (QED) is 0.869. The third kappa shape index (κ3) is 4.51. The van der Waals surface area contributed by atoms with E-state index in [0.29, 0.717) is 5.69 Å². The van der Waals surface area contributed by atoms with Crippen molar-refractivity contribution in [1.82, 2.24) is 0 Å². The number of nitrogens with one attached hydrogen (secondary N) is 1. The summed E-state index contributed by atoms with van der Waals surface area (Å²) in [5.41, 5.74) is 0.367. The normalized spacial score (nSPS) is 12.5. The first-order valence-electron chi connectivity index (χ1n) is 6.62. The summed E-state index contributed by atoms with van der Waals surface area (Å²) in [5.74, 6) is -1.10. The predicted molar refractivity (Wildman–Crippen MR) is 82.9 cm³/mol. The Morgan fingerprint density at radius 2 is 1.78 bits per heavy atom. The molecule has 0 aromatic heterocycles. The molecule has 1 atom stereocenters. The predicted octanol–water partition coefficient (Wildman–Crippen LogP) is 1.88. The lowest BCUT2D eigenvalue weighted by atomic mass is 10.3. The van der Waals surface area contributed by atoms with Crippen molar-refractivity contribution in [2.24, 2.45) is 5.14 Å². The zero-order chi connectivity index (χ0) is 17.0. The van der Waals surface area contributed by atoms with Crippen LogP contribution < -0.4 is 15.2 Å². The molecule has 6 nitrogen and oxygen atoms in total. The van der Waals surface area contributed by atoms with Crippen molar-refractivity contribution in [1.29, 1.82) is 0 Å². The summed E-state index contributed by atoms with van der Waals surface area (Å²) in [6, 6.07) is 11.1. The molecule has 1 amide bonds. The van der Waals surface area contributed by atoms with Gasteiger partial charge in [0.1, 0.15) is 0 Å². The first-order valence-corrected chi connectivity index (χ1v) is 8.17. The fraction of sp³-hybridized carbons (Fsp3) is 0.133. The number of carbonyl (C=O) groups is 1. The van der Waals surface area contributed by atoms with Gasteiger partial charge in [-0.2, -0.15) is 0 Å². The Kier molecular flexibility index (Phi) is 4.97. The van der Waals surface area contributed by atoms with Gasteiger partial charge in [0.25, 0.3) is 5.91 Å². The van der Waals surface area contributed by atoms with Crippen molar-refractivity contribution in [3.63, 3.8) is 0 Å². The van der Waals surface area contributed by atoms with Crippen molar-refractivity contribution < 1.29 is 22.3 Å². The van der Waals surface area contributed by atoms with Crippen LogP contribution in [0.15, 0.2) is 53.4 Å². The monoisotopic (exact) mass is 338 g/mol. The molecule has 122 valence electrons. The highest BCUT2D eigenvalue weighted by Crippen LogP contribution is 2.18. The number of primary sulfonamides is 1. The van der Waals surface area contributed by atoms with Crippen LogP contribution in [0.3, 0.4) is 0 Å². The Labute approximate surface area is 133 Å². The van der Waals surface area contributed by atoms with Crippen molar-refractivity contribution in [2.45, 2.75) is 17.9 Å². The SMILES string of the molecule is CC(Oc1ccccc1F)C(=O)Nc1ccc(S(N)(=O)=O)cc1. The van der Waals surface area contributed by atoms with Crippen LogP contribution in [0, 0.1) is 5.82 Å². The second kappa shape index (κ2) is 6.76. The summed E-state index contributed by atoms with van der Waals surface area (Å²) in [5, 5.41) is 7.52. The Morgan fingerprint density at radius 3 is 2.35 bits per heavy atom. The van der Waals surface area contributed by atoms with Gasteiger partial charge in [0, 0.05) is 5.69 Å². The van der Waals surface area contributed by atoms with Crippen molar-refractivity contribution in [3.05, 3.63) is 54.3 Å². The van der Waals surface area contributed by atoms with E-state index in [1.54, 1.807) is 6.07 Å². The number of halogens is 1. The molecule has 0 spiro atoms. The van der Waals surface area contributed by atoms with Crippen LogP contribution in [0.4, 0.5) is 10.1 Å². The molecule has 0 saturated carbocycles. The number of sulfonamides is 1. The van der Waals surface area contributed by atoms with Crippen molar-refractivity contribution in [3.8, 4) is 5.75 Å². The lowest BCUT2D eigenvalue weighted by Crippen LogP contribution is -2.30. The van der Waals surface area contributed by atoms with Gasteiger partial charge in [-0.15, -0.1) is 0 Å². The average Bonchev–Trinajstić information content (AvgIpc) is 2.49. The molecule has 0 aliphatic rings. The maximum Gasteiger partial charge on any atom is 0.265 e. The fourth-order valence-electron chi connectivity index (χ4n) is 1.76. The summed E-state index contributed by atoms with van der Waals surface area (Å²) in [6.45, 7) is 1.47. The van der Waals surface area contributed by atoms with Crippen LogP contribution in [0.2, 0.25) is 0 Å². The third-order valence-corrected chi connectivity index (χ3v) is 3.89. The van der Waals surface area contributed by atoms with Gasteiger partial charge in [0.2, 0.25) is 10.0 Å². The van der Waals surface area contributed by atoms with Crippen molar-refractivity contribution >= 4 is 21.6 Å². The number of anilines is 1. The van der Waals surface area contributed by atoms with E-state index in [9.17, 15) is 17.6 Å². The second-order valence-electron chi connectivity index (χ2n) is 4.75. The summed E-state index contributed by atoms with van der Waals surface area (Å²) < 4.78 is 41.0. The number of ether oxygens (including phenoxy) is 1. The number of rotatable bonds is 5. The Hall–Kier alpha value is -2.45. The fourth-order valence-corrected chi connectivity index (χ4v) is 2.27. The standard InChI is InChI=1S/C15H15FN2O4S/c1-10(22-14-5-3-2-4-13(14)16)15(19)18-11-6-8-12(9-7-11)23(17,20)21/h2-10H,1H3,(H,18,19)(H2,17,20,21). The molecular weight excluding hydrogens is 323 g/mol. The van der Waals surface area contributed by atoms with Gasteiger partial charge >= 0.3 is 0 Å². The number of hydrogen-bond acceptors (Lipinski definition) is 4. The summed E-state index contributed by atoms with van der Waals surface area (Å²) in [6.07, 6.45) is -0.940. The first-order chi connectivity index (χ1) is 10.8. The highest BCUT2D eigenvalue weighted by molar-refractivity contribution is 7.89. The number of carbonyl (C=O) groups excluding carboxylic acids is 1. The zero-order valence-corrected chi connectivity index (χ0v) is 13.0. The van der Waals surface area contributed by atoms with E-state index in [1.807, 2.05) is 0 Å². The second-order valence-corrected chi connectivity index (χ2v) is 6.31. The highest BCUT2D eigenvalue weighted by Gasteiger charge is 2.17. The van der Waals surface area contributed by atoms with Gasteiger partial charge in [-0.05, 0) is 43.3 Å². The van der Waals surface area contributed by atoms with Gasteiger partial charge < -0.3 is 10.1 Å². The Bertz CT molecular complexity index is 806. The molecule has 2 aromatic rings. The molecule has 0 heterocycles. The molecule has 1 unspecified atom stereocenters. The van der Waals surface area contributed by atoms with Crippen LogP contribution in [0.25, 0.3) is 0 Å². The van der Waals surface area contributed by atoms with Gasteiger partial charge in [-0.1, -0.05) is 12.1 Å². The number of nitrogens with two attached hydrogens (primary N) is 1. The van der Waals surface area contributed by atoms with Crippen LogP contribution in [-0.4, -0.2) is 20.4 Å². The van der Waals surface area contributed by atoms with Crippen LogP contribution in [0.5, 0.6) is 5.75 Å². The van der Waals surface area contributed by atoms with E-state index in [0.717, 1.165) is 0 Å². The molecule has 0 saturated heterocycles. The zero-order valence-electron chi connectivity index (χ0n) is 12.2. The number of para-hydroxylation sites is 1. The Balaban J connectivity index is 2.02. The molecule has 3 N–H and O–H groups in total. The van der Waals surface area contributed by atoms with Gasteiger partial charge in [0.05, 0.1) is 4.90 Å². The molecule has 2 rings (SSSR count). The van der Waals surface area contributed by atoms with E-state index in [-0.39, 0.29) is 10.6 Å². The summed E-state index contributed by atoms with van der Waals surface area (Å²) in [4.78, 5) is 11.9.